The molecule has 5 nitrogen and oxygen atoms in total. The number of hydrogen-bond acceptors (Lipinski definition) is 5. The fourth-order valence-corrected chi connectivity index (χ4v) is 2.89. The van der Waals surface area contributed by atoms with E-state index < -0.39 is 6.10 Å². The number of carbonyl (C=O) groups excluding carboxylic acids is 1. The molecule has 2 heterocycles. The number of amides is 1. The van der Waals surface area contributed by atoms with Gasteiger partial charge in [-0.1, -0.05) is 11.6 Å². The predicted molar refractivity (Wildman–Crippen MR) is 74.6 cm³/mol. The van der Waals surface area contributed by atoms with Crippen LogP contribution in [0.15, 0.2) is 12.1 Å². The van der Waals surface area contributed by atoms with Crippen LogP contribution in [0.2, 0.25) is 5.02 Å². The molecule has 2 aromatic rings. The summed E-state index contributed by atoms with van der Waals surface area (Å²) in [6, 6.07) is 3.49. The maximum atomic E-state index is 12.1. The lowest BCUT2D eigenvalue weighted by Gasteiger charge is -2.12. The molecule has 2 atom stereocenters. The average molecular weight is 298 g/mol. The molecule has 1 aliphatic heterocycles. The van der Waals surface area contributed by atoms with E-state index in [9.17, 15) is 4.79 Å². The molecule has 1 aromatic carbocycles. The van der Waals surface area contributed by atoms with E-state index in [-0.39, 0.29) is 12.0 Å². The van der Waals surface area contributed by atoms with Gasteiger partial charge in [0.2, 0.25) is 0 Å². The van der Waals surface area contributed by atoms with Gasteiger partial charge in [0.25, 0.3) is 5.91 Å². The molecular formula is C12H12ClN3O2S. The van der Waals surface area contributed by atoms with Crippen LogP contribution in [0.3, 0.4) is 0 Å². The van der Waals surface area contributed by atoms with E-state index in [1.165, 1.54) is 0 Å². The van der Waals surface area contributed by atoms with E-state index >= 15 is 0 Å². The zero-order valence-corrected chi connectivity index (χ0v) is 11.8. The molecule has 1 aliphatic rings. The number of benzene rings is 1. The third-order valence-electron chi connectivity index (χ3n) is 3.15. The van der Waals surface area contributed by atoms with Crippen LogP contribution < -0.4 is 5.32 Å². The second kappa shape index (κ2) is 5.03. The molecule has 7 heteroatoms. The molecule has 0 saturated carbocycles. The largest absolute Gasteiger partial charge is 0.365 e. The van der Waals surface area contributed by atoms with E-state index in [1.807, 2.05) is 6.92 Å². The van der Waals surface area contributed by atoms with Gasteiger partial charge in [-0.15, -0.1) is 0 Å². The van der Waals surface area contributed by atoms with Gasteiger partial charge in [-0.05, 0) is 31.9 Å². The van der Waals surface area contributed by atoms with Crippen LogP contribution in [-0.2, 0) is 9.53 Å². The maximum absolute atomic E-state index is 12.1. The van der Waals surface area contributed by atoms with Crippen molar-refractivity contribution in [2.75, 3.05) is 5.32 Å². The van der Waals surface area contributed by atoms with Gasteiger partial charge in [-0.3, -0.25) is 4.79 Å². The molecule has 1 amide bonds. The molecule has 1 aromatic heterocycles. The number of aromatic nitrogens is 2. The quantitative estimate of drug-likeness (QED) is 0.926. The molecule has 3 rings (SSSR count). The highest BCUT2D eigenvalue weighted by Gasteiger charge is 2.29. The number of halogens is 1. The Labute approximate surface area is 119 Å². The zero-order valence-electron chi connectivity index (χ0n) is 10.2. The minimum absolute atomic E-state index is 0.128. The first-order chi connectivity index (χ1) is 9.15. The molecule has 1 saturated heterocycles. The number of fused-ring (bicyclic) bond motifs is 1. The summed E-state index contributed by atoms with van der Waals surface area (Å²) in [6.45, 7) is 1.96. The maximum Gasteiger partial charge on any atom is 0.253 e. The third kappa shape index (κ3) is 2.43. The summed E-state index contributed by atoms with van der Waals surface area (Å²) >= 11 is 7.22. The second-order valence-corrected chi connectivity index (χ2v) is 5.49. The van der Waals surface area contributed by atoms with Crippen molar-refractivity contribution in [2.24, 2.45) is 0 Å². The highest BCUT2D eigenvalue weighted by atomic mass is 35.5. The zero-order chi connectivity index (χ0) is 13.4. The van der Waals surface area contributed by atoms with Gasteiger partial charge < -0.3 is 10.1 Å². The minimum Gasteiger partial charge on any atom is -0.365 e. The summed E-state index contributed by atoms with van der Waals surface area (Å²) in [6.07, 6.45) is 1.35. The highest BCUT2D eigenvalue weighted by molar-refractivity contribution is 7.00. The van der Waals surface area contributed by atoms with E-state index in [2.05, 4.69) is 14.1 Å². The van der Waals surface area contributed by atoms with Crippen LogP contribution in [0.1, 0.15) is 19.8 Å². The van der Waals surface area contributed by atoms with Crippen LogP contribution in [-0.4, -0.2) is 26.9 Å². The lowest BCUT2D eigenvalue weighted by Crippen LogP contribution is -2.27. The van der Waals surface area contributed by atoms with Gasteiger partial charge in [-0.25, -0.2) is 0 Å². The molecule has 0 bridgehead atoms. The molecular weight excluding hydrogens is 286 g/mol. The van der Waals surface area contributed by atoms with E-state index in [0.29, 0.717) is 16.2 Å². The van der Waals surface area contributed by atoms with E-state index in [4.69, 9.17) is 16.3 Å². The van der Waals surface area contributed by atoms with E-state index in [1.54, 1.807) is 12.1 Å². The first kappa shape index (κ1) is 12.8. The molecule has 100 valence electrons. The summed E-state index contributed by atoms with van der Waals surface area (Å²) in [7, 11) is 0. The van der Waals surface area contributed by atoms with E-state index in [0.717, 1.165) is 30.1 Å². The molecule has 0 unspecified atom stereocenters. The summed E-state index contributed by atoms with van der Waals surface area (Å²) in [5.41, 5.74) is 1.86. The minimum atomic E-state index is -0.409. The first-order valence-electron chi connectivity index (χ1n) is 6.02. The first-order valence-corrected chi connectivity index (χ1v) is 7.13. The second-order valence-electron chi connectivity index (χ2n) is 4.56. The Hall–Kier alpha value is -1.24. The lowest BCUT2D eigenvalue weighted by molar-refractivity contribution is -0.126. The highest BCUT2D eigenvalue weighted by Crippen LogP contribution is 2.31. The van der Waals surface area contributed by atoms with Crippen molar-refractivity contribution in [2.45, 2.75) is 32.0 Å². The van der Waals surface area contributed by atoms with Crippen molar-refractivity contribution in [3.63, 3.8) is 0 Å². The van der Waals surface area contributed by atoms with Crippen molar-refractivity contribution in [3.8, 4) is 0 Å². The Morgan fingerprint density at radius 3 is 3.05 bits per heavy atom. The lowest BCUT2D eigenvalue weighted by atomic mass is 10.2. The van der Waals surface area contributed by atoms with Crippen molar-refractivity contribution in [3.05, 3.63) is 17.2 Å². The van der Waals surface area contributed by atoms with Crippen molar-refractivity contribution in [1.29, 1.82) is 0 Å². The molecule has 0 radical (unpaired) electrons. The molecule has 0 aliphatic carbocycles. The SMILES string of the molecule is C[C@H]1CC[C@@H](C(=O)Nc2c(Cl)ccc3nsnc23)O1. The Morgan fingerprint density at radius 2 is 2.32 bits per heavy atom. The number of nitrogens with one attached hydrogen (secondary N) is 1. The van der Waals surface area contributed by atoms with Gasteiger partial charge >= 0.3 is 0 Å². The Balaban J connectivity index is 1.86. The summed E-state index contributed by atoms with van der Waals surface area (Å²) in [5, 5.41) is 3.27. The number of nitrogens with zero attached hydrogens (tertiary/aromatic N) is 2. The van der Waals surface area contributed by atoms with Crippen molar-refractivity contribution >= 4 is 46.0 Å². The number of ether oxygens (including phenoxy) is 1. The smallest absolute Gasteiger partial charge is 0.253 e. The molecule has 1 N–H and O–H groups in total. The standard InChI is InChI=1S/C12H12ClN3O2S/c1-6-2-5-9(18-6)12(17)14-10-7(13)3-4-8-11(10)16-19-15-8/h3-4,6,9H,2,5H2,1H3,(H,14,17)/t6-,9-/m0/s1. The number of carbonyl (C=O) groups is 1. The van der Waals surface area contributed by atoms with Gasteiger partial charge in [0.1, 0.15) is 17.1 Å². The van der Waals surface area contributed by atoms with Crippen LogP contribution in [0, 0.1) is 0 Å². The summed E-state index contributed by atoms with van der Waals surface area (Å²) in [5.74, 6) is -0.174. The van der Waals surface area contributed by atoms with Crippen LogP contribution in [0.25, 0.3) is 11.0 Å². The van der Waals surface area contributed by atoms with Gasteiger partial charge in [0.05, 0.1) is 28.5 Å². The number of rotatable bonds is 2. The fraction of sp³-hybridized carbons (Fsp3) is 0.417. The van der Waals surface area contributed by atoms with Crippen LogP contribution >= 0.6 is 23.3 Å². The summed E-state index contributed by atoms with van der Waals surface area (Å²) in [4.78, 5) is 12.1. The fourth-order valence-electron chi connectivity index (χ4n) is 2.14. The van der Waals surface area contributed by atoms with Gasteiger partial charge in [0.15, 0.2) is 0 Å². The van der Waals surface area contributed by atoms with Crippen LogP contribution in [0.4, 0.5) is 5.69 Å². The number of hydrogen-bond donors (Lipinski definition) is 1. The molecule has 0 spiro atoms. The normalized spacial score (nSPS) is 22.8. The van der Waals surface area contributed by atoms with Gasteiger partial charge in [0, 0.05) is 0 Å². The predicted octanol–water partition coefficient (Wildman–Crippen LogP) is 2.85. The molecule has 1 fully saturated rings. The Bertz CT molecular complexity index is 630. The van der Waals surface area contributed by atoms with Crippen LogP contribution in [0.5, 0.6) is 0 Å². The van der Waals surface area contributed by atoms with Crippen molar-refractivity contribution < 1.29 is 9.53 Å². The number of anilines is 1. The monoisotopic (exact) mass is 297 g/mol. The Morgan fingerprint density at radius 1 is 1.47 bits per heavy atom. The average Bonchev–Trinajstić information content (AvgIpc) is 3.01. The Kier molecular flexibility index (Phi) is 3.38. The van der Waals surface area contributed by atoms with Crippen molar-refractivity contribution in [1.82, 2.24) is 8.75 Å². The topological polar surface area (TPSA) is 64.1 Å². The van der Waals surface area contributed by atoms with Gasteiger partial charge in [-0.2, -0.15) is 8.75 Å². The third-order valence-corrected chi connectivity index (χ3v) is 4.01. The molecule has 19 heavy (non-hydrogen) atoms. The summed E-state index contributed by atoms with van der Waals surface area (Å²) < 4.78 is 13.8.